The zero-order chi connectivity index (χ0) is 8.55. The van der Waals surface area contributed by atoms with Crippen LogP contribution in [0, 0.1) is 6.92 Å². The second-order valence-corrected chi connectivity index (χ2v) is 3.59. The van der Waals surface area contributed by atoms with E-state index in [-0.39, 0.29) is 0 Å². The number of nitrogens with one attached hydrogen (secondary N) is 1. The molecule has 1 atom stereocenters. The third-order valence-corrected chi connectivity index (χ3v) is 2.56. The largest absolute Gasteiger partial charge is 0.345 e. The monoisotopic (exact) mass is 165 g/mol. The lowest BCUT2D eigenvalue weighted by atomic mass is 10.2. The third-order valence-electron chi connectivity index (χ3n) is 2.56. The minimum atomic E-state index is 0.527. The van der Waals surface area contributed by atoms with Crippen molar-refractivity contribution in [2.75, 3.05) is 13.6 Å². The first kappa shape index (κ1) is 7.80. The van der Waals surface area contributed by atoms with Gasteiger partial charge in [-0.2, -0.15) is 0 Å². The Labute approximate surface area is 72.8 Å². The van der Waals surface area contributed by atoms with Crippen molar-refractivity contribution < 1.29 is 0 Å². The molecule has 1 aliphatic heterocycles. The van der Waals surface area contributed by atoms with Gasteiger partial charge in [0.1, 0.15) is 5.82 Å². The number of imidazole rings is 1. The number of hydrogen-bond donors (Lipinski definition) is 1. The second-order valence-electron chi connectivity index (χ2n) is 3.59. The molecule has 0 bridgehead atoms. The number of hydrogen-bond acceptors (Lipinski definition) is 2. The zero-order valence-corrected chi connectivity index (χ0v) is 7.67. The van der Waals surface area contributed by atoms with Crippen LogP contribution in [0.5, 0.6) is 0 Å². The maximum Gasteiger partial charge on any atom is 0.123 e. The molecule has 1 aromatic heterocycles. The van der Waals surface area contributed by atoms with Crippen LogP contribution in [0.3, 0.4) is 0 Å². The van der Waals surface area contributed by atoms with Crippen molar-refractivity contribution in [3.05, 3.63) is 17.7 Å². The Hall–Kier alpha value is -0.830. The van der Waals surface area contributed by atoms with E-state index in [2.05, 4.69) is 21.9 Å². The molecule has 2 heterocycles. The quantitative estimate of drug-likeness (QED) is 0.683. The van der Waals surface area contributed by atoms with E-state index in [1.165, 1.54) is 19.4 Å². The molecular formula is C9H15N3. The van der Waals surface area contributed by atoms with Crippen molar-refractivity contribution in [2.24, 2.45) is 0 Å². The van der Waals surface area contributed by atoms with Gasteiger partial charge >= 0.3 is 0 Å². The predicted molar refractivity (Wildman–Crippen MR) is 47.9 cm³/mol. The van der Waals surface area contributed by atoms with E-state index in [4.69, 9.17) is 0 Å². The molecule has 0 spiro atoms. The van der Waals surface area contributed by atoms with E-state index in [9.17, 15) is 0 Å². The predicted octanol–water partition coefficient (Wildman–Crippen LogP) is 1.48. The van der Waals surface area contributed by atoms with Gasteiger partial charge in [0.15, 0.2) is 0 Å². The lowest BCUT2D eigenvalue weighted by molar-refractivity contribution is 0.307. The second kappa shape index (κ2) is 2.90. The first-order valence-electron chi connectivity index (χ1n) is 4.49. The molecule has 1 N–H and O–H groups in total. The average Bonchev–Trinajstić information content (AvgIpc) is 2.58. The smallest absolute Gasteiger partial charge is 0.123 e. The molecule has 12 heavy (non-hydrogen) atoms. The number of aromatic nitrogens is 2. The summed E-state index contributed by atoms with van der Waals surface area (Å²) in [6, 6.07) is 0.527. The lowest BCUT2D eigenvalue weighted by Gasteiger charge is -2.16. The molecule has 1 unspecified atom stereocenters. The highest BCUT2D eigenvalue weighted by atomic mass is 15.2. The molecular weight excluding hydrogens is 150 g/mol. The highest BCUT2D eigenvalue weighted by Crippen LogP contribution is 2.27. The van der Waals surface area contributed by atoms with Crippen LogP contribution < -0.4 is 0 Å². The van der Waals surface area contributed by atoms with Crippen molar-refractivity contribution in [3.63, 3.8) is 0 Å². The van der Waals surface area contributed by atoms with Crippen molar-refractivity contribution in [1.29, 1.82) is 0 Å². The molecule has 1 aromatic rings. The van der Waals surface area contributed by atoms with Gasteiger partial charge in [0, 0.05) is 11.9 Å². The summed E-state index contributed by atoms with van der Waals surface area (Å²) in [7, 11) is 2.16. The van der Waals surface area contributed by atoms with Gasteiger partial charge in [-0.3, -0.25) is 4.90 Å². The fraction of sp³-hybridized carbons (Fsp3) is 0.667. The summed E-state index contributed by atoms with van der Waals surface area (Å²) in [5, 5.41) is 0. The van der Waals surface area contributed by atoms with Crippen LogP contribution in [-0.4, -0.2) is 28.5 Å². The number of H-pyrrole nitrogens is 1. The Morgan fingerprint density at radius 1 is 1.67 bits per heavy atom. The van der Waals surface area contributed by atoms with E-state index in [1.54, 1.807) is 0 Å². The highest BCUT2D eigenvalue weighted by Gasteiger charge is 2.24. The Morgan fingerprint density at radius 3 is 3.00 bits per heavy atom. The lowest BCUT2D eigenvalue weighted by Crippen LogP contribution is -2.18. The Kier molecular flexibility index (Phi) is 1.89. The molecule has 3 nitrogen and oxygen atoms in total. The Balaban J connectivity index is 2.19. The molecule has 0 saturated carbocycles. The number of nitrogens with zero attached hydrogens (tertiary/aromatic N) is 2. The number of likely N-dealkylation sites (tertiary alicyclic amines) is 1. The zero-order valence-electron chi connectivity index (χ0n) is 7.67. The molecule has 66 valence electrons. The maximum atomic E-state index is 4.35. The minimum Gasteiger partial charge on any atom is -0.345 e. The van der Waals surface area contributed by atoms with E-state index in [1.807, 2.05) is 13.1 Å². The topological polar surface area (TPSA) is 31.9 Å². The summed E-state index contributed by atoms with van der Waals surface area (Å²) in [5.74, 6) is 1.13. The number of aromatic amines is 1. The summed E-state index contributed by atoms with van der Waals surface area (Å²) in [4.78, 5) is 10.0. The van der Waals surface area contributed by atoms with E-state index >= 15 is 0 Å². The first-order chi connectivity index (χ1) is 5.77. The van der Waals surface area contributed by atoms with Crippen molar-refractivity contribution in [2.45, 2.75) is 25.8 Å². The molecule has 1 saturated heterocycles. The Bertz CT molecular complexity index is 266. The van der Waals surface area contributed by atoms with E-state index in [0.29, 0.717) is 6.04 Å². The van der Waals surface area contributed by atoms with Gasteiger partial charge in [0.25, 0.3) is 0 Å². The van der Waals surface area contributed by atoms with Crippen LogP contribution in [0.1, 0.15) is 30.4 Å². The summed E-state index contributed by atoms with van der Waals surface area (Å²) < 4.78 is 0. The summed E-state index contributed by atoms with van der Waals surface area (Å²) in [5.41, 5.74) is 1.16. The minimum absolute atomic E-state index is 0.527. The van der Waals surface area contributed by atoms with Crippen LogP contribution in [-0.2, 0) is 0 Å². The number of aryl methyl sites for hydroxylation is 1. The summed E-state index contributed by atoms with van der Waals surface area (Å²) in [6.45, 7) is 3.25. The third kappa shape index (κ3) is 1.25. The van der Waals surface area contributed by atoms with Gasteiger partial charge in [0.05, 0.1) is 6.04 Å². The van der Waals surface area contributed by atoms with Crippen molar-refractivity contribution in [1.82, 2.24) is 14.9 Å². The molecule has 0 aliphatic carbocycles. The van der Waals surface area contributed by atoms with Crippen LogP contribution in [0.15, 0.2) is 6.20 Å². The fourth-order valence-corrected chi connectivity index (χ4v) is 1.86. The van der Waals surface area contributed by atoms with Gasteiger partial charge in [-0.05, 0) is 33.4 Å². The van der Waals surface area contributed by atoms with Gasteiger partial charge in [0.2, 0.25) is 0 Å². The highest BCUT2D eigenvalue weighted by molar-refractivity contribution is 5.04. The van der Waals surface area contributed by atoms with E-state index in [0.717, 1.165) is 11.5 Å². The summed E-state index contributed by atoms with van der Waals surface area (Å²) in [6.07, 6.45) is 4.44. The normalized spacial score (nSPS) is 25.0. The van der Waals surface area contributed by atoms with Crippen LogP contribution in [0.4, 0.5) is 0 Å². The SMILES string of the molecule is Cc1cnc(C2CCCN2C)[nH]1. The average molecular weight is 165 g/mol. The molecule has 3 heteroatoms. The van der Waals surface area contributed by atoms with Gasteiger partial charge in [-0.1, -0.05) is 0 Å². The van der Waals surface area contributed by atoms with Crippen LogP contribution in [0.2, 0.25) is 0 Å². The fourth-order valence-electron chi connectivity index (χ4n) is 1.86. The van der Waals surface area contributed by atoms with Crippen LogP contribution in [0.25, 0.3) is 0 Å². The maximum absolute atomic E-state index is 4.35. The standard InChI is InChI=1S/C9H15N3/c1-7-6-10-9(11-7)8-4-3-5-12(8)2/h6,8H,3-5H2,1-2H3,(H,10,11). The van der Waals surface area contributed by atoms with Gasteiger partial charge in [-0.25, -0.2) is 4.98 Å². The van der Waals surface area contributed by atoms with Gasteiger partial charge < -0.3 is 4.98 Å². The van der Waals surface area contributed by atoms with Gasteiger partial charge in [-0.15, -0.1) is 0 Å². The van der Waals surface area contributed by atoms with Crippen molar-refractivity contribution >= 4 is 0 Å². The Morgan fingerprint density at radius 2 is 2.50 bits per heavy atom. The molecule has 0 aromatic carbocycles. The molecule has 1 aliphatic rings. The summed E-state index contributed by atoms with van der Waals surface area (Å²) >= 11 is 0. The first-order valence-corrected chi connectivity index (χ1v) is 4.49. The molecule has 2 rings (SSSR count). The van der Waals surface area contributed by atoms with Crippen LogP contribution >= 0.6 is 0 Å². The number of rotatable bonds is 1. The molecule has 0 amide bonds. The molecule has 1 fully saturated rings. The van der Waals surface area contributed by atoms with E-state index < -0.39 is 0 Å². The van der Waals surface area contributed by atoms with Crippen molar-refractivity contribution in [3.8, 4) is 0 Å². The molecule has 0 radical (unpaired) electrons.